The number of aliphatic hydroxyl groups is 3. The minimum absolute atomic E-state index is 0.0419. The number of hydrogen-bond donors (Lipinski definition) is 5. The Morgan fingerprint density at radius 1 is 1.06 bits per heavy atom. The number of carbonyl (C=O) groups excluding carboxylic acids is 1. The summed E-state index contributed by atoms with van der Waals surface area (Å²) in [4.78, 5) is 12.1. The van der Waals surface area contributed by atoms with E-state index in [9.17, 15) is 28.5 Å². The van der Waals surface area contributed by atoms with Crippen LogP contribution in [0, 0.1) is 46.3 Å². The highest BCUT2D eigenvalue weighted by Gasteiger charge is 2.65. The summed E-state index contributed by atoms with van der Waals surface area (Å²) >= 11 is 0. The maximum Gasteiger partial charge on any atom is 0.283 e. The van der Waals surface area contributed by atoms with Crippen LogP contribution in [0.3, 0.4) is 0 Å². The minimum atomic E-state index is -4.24. The van der Waals surface area contributed by atoms with Crippen LogP contribution in [0.4, 0.5) is 0 Å². The average Bonchev–Trinajstić information content (AvgIpc) is 3.10. The molecule has 0 radical (unpaired) electrons. The highest BCUT2D eigenvalue weighted by Crippen LogP contribution is 2.68. The molecule has 0 bridgehead atoms. The summed E-state index contributed by atoms with van der Waals surface area (Å²) in [6.07, 6.45) is 5.36. The maximum atomic E-state index is 12.1. The van der Waals surface area contributed by atoms with Gasteiger partial charge in [-0.15, -0.1) is 0 Å². The third kappa shape index (κ3) is 4.56. The first-order valence-corrected chi connectivity index (χ1v) is 14.6. The van der Waals surface area contributed by atoms with E-state index in [4.69, 9.17) is 4.55 Å². The molecule has 0 spiro atoms. The lowest BCUT2D eigenvalue weighted by molar-refractivity contribution is -0.207. The molecule has 0 aliphatic heterocycles. The van der Waals surface area contributed by atoms with Crippen LogP contribution in [-0.2, 0) is 14.9 Å². The summed E-state index contributed by atoms with van der Waals surface area (Å²) in [6.45, 7) is 6.60. The molecule has 5 N–H and O–H groups in total. The van der Waals surface area contributed by atoms with E-state index in [0.29, 0.717) is 18.8 Å². The Hall–Kier alpha value is -0.740. The lowest BCUT2D eigenvalue weighted by atomic mass is 9.43. The number of rotatable bonds is 6. The molecule has 1 amide bonds. The molecule has 0 aromatic heterocycles. The second-order valence-electron chi connectivity index (χ2n) is 12.4. The molecule has 0 heterocycles. The quantitative estimate of drug-likeness (QED) is 0.351. The zero-order valence-corrected chi connectivity index (χ0v) is 21.5. The molecule has 0 aromatic carbocycles. The van der Waals surface area contributed by atoms with Crippen LogP contribution in [0.2, 0.25) is 0 Å². The smallest absolute Gasteiger partial charge is 0.283 e. The topological polar surface area (TPSA) is 144 Å². The van der Waals surface area contributed by atoms with Crippen LogP contribution in [0.5, 0.6) is 0 Å². The lowest BCUT2D eigenvalue weighted by Gasteiger charge is -2.63. The predicted octanol–water partition coefficient (Wildman–Crippen LogP) is 2.33. The van der Waals surface area contributed by atoms with Gasteiger partial charge < -0.3 is 20.6 Å². The van der Waals surface area contributed by atoms with E-state index in [1.807, 2.05) is 0 Å². The van der Waals surface area contributed by atoms with Crippen LogP contribution < -0.4 is 5.32 Å². The van der Waals surface area contributed by atoms with E-state index in [0.717, 1.165) is 38.5 Å². The summed E-state index contributed by atoms with van der Waals surface area (Å²) in [5.74, 6) is 0.111. The second-order valence-corrected chi connectivity index (χ2v) is 13.8. The number of aliphatic hydroxyl groups excluding tert-OH is 3. The molecule has 4 saturated carbocycles. The van der Waals surface area contributed by atoms with Gasteiger partial charge in [0.1, 0.15) is 5.88 Å². The second kappa shape index (κ2) is 9.29. The fourth-order valence-electron chi connectivity index (χ4n) is 8.95. The van der Waals surface area contributed by atoms with E-state index >= 15 is 0 Å². The van der Waals surface area contributed by atoms with Gasteiger partial charge in [0.15, 0.2) is 0 Å². The normalized spacial score (nSPS) is 47.3. The molecular formula is C25H43NO7S. The largest absolute Gasteiger partial charge is 0.393 e. The molecule has 196 valence electrons. The predicted molar refractivity (Wildman–Crippen MR) is 127 cm³/mol. The van der Waals surface area contributed by atoms with E-state index in [1.54, 1.807) is 0 Å². The Morgan fingerprint density at radius 3 is 2.44 bits per heavy atom. The molecule has 0 saturated heterocycles. The van der Waals surface area contributed by atoms with Crippen molar-refractivity contribution in [1.82, 2.24) is 5.32 Å². The van der Waals surface area contributed by atoms with Crippen molar-refractivity contribution in [2.24, 2.45) is 46.3 Å². The zero-order chi connectivity index (χ0) is 25.1. The summed E-state index contributed by atoms with van der Waals surface area (Å²) in [5, 5.41) is 35.4. The first kappa shape index (κ1) is 26.3. The van der Waals surface area contributed by atoms with Crippen molar-refractivity contribution in [3.63, 3.8) is 0 Å². The Morgan fingerprint density at radius 2 is 1.76 bits per heavy atom. The monoisotopic (exact) mass is 501 g/mol. The minimum Gasteiger partial charge on any atom is -0.393 e. The fourth-order valence-corrected chi connectivity index (χ4v) is 9.30. The number of nitrogens with one attached hydrogen (secondary N) is 1. The van der Waals surface area contributed by atoms with Crippen LogP contribution in [-0.4, -0.2) is 58.4 Å². The molecule has 11 atom stereocenters. The average molecular weight is 502 g/mol. The van der Waals surface area contributed by atoms with Gasteiger partial charge in [0.05, 0.1) is 18.3 Å². The molecule has 4 aliphatic rings. The molecule has 5 unspecified atom stereocenters. The Balaban J connectivity index is 1.47. The molecule has 4 aliphatic carbocycles. The molecule has 9 heteroatoms. The summed E-state index contributed by atoms with van der Waals surface area (Å²) in [6, 6.07) is 0. The van der Waals surface area contributed by atoms with E-state index < -0.39 is 34.1 Å². The van der Waals surface area contributed by atoms with Crippen LogP contribution in [0.25, 0.3) is 0 Å². The third-order valence-electron chi connectivity index (χ3n) is 10.8. The highest BCUT2D eigenvalue weighted by molar-refractivity contribution is 7.85. The maximum absolute atomic E-state index is 12.1. The van der Waals surface area contributed by atoms with E-state index in [1.165, 1.54) is 0 Å². The molecule has 4 rings (SSSR count). The van der Waals surface area contributed by atoms with Gasteiger partial charge in [0.25, 0.3) is 10.1 Å². The van der Waals surface area contributed by atoms with Gasteiger partial charge in [-0.05, 0) is 97.7 Å². The fraction of sp³-hybridized carbons (Fsp3) is 0.960. The summed E-state index contributed by atoms with van der Waals surface area (Å²) < 4.78 is 30.6. The van der Waals surface area contributed by atoms with Crippen LogP contribution in [0.15, 0.2) is 0 Å². The summed E-state index contributed by atoms with van der Waals surface area (Å²) in [5.41, 5.74) is -0.288. The van der Waals surface area contributed by atoms with Gasteiger partial charge >= 0.3 is 0 Å². The standard InChI is InChI=1S/C25H43NO7S/c1-14(4-7-22(30)26-13-34(31,32)33)17-5-6-18-23-19(12-21(29)25(17,18)3)24(2)9-8-16(27)10-15(24)11-20(23)28/h14-21,23,27-29H,4-13H2,1-3H3,(H,26,30)(H,31,32,33)/t14-,15?,16-,17?,18?,19?,20-,21+,23?,24+,25-/m1/s1. The van der Waals surface area contributed by atoms with Crippen LogP contribution >= 0.6 is 0 Å². The molecule has 8 nitrogen and oxygen atoms in total. The van der Waals surface area contributed by atoms with Gasteiger partial charge in [-0.25, -0.2) is 0 Å². The van der Waals surface area contributed by atoms with Crippen molar-refractivity contribution in [3.05, 3.63) is 0 Å². The zero-order valence-electron chi connectivity index (χ0n) is 20.7. The van der Waals surface area contributed by atoms with E-state index in [-0.39, 0.29) is 52.9 Å². The van der Waals surface area contributed by atoms with Crippen molar-refractivity contribution in [1.29, 1.82) is 0 Å². The number of fused-ring (bicyclic) bond motifs is 5. The van der Waals surface area contributed by atoms with Crippen molar-refractivity contribution in [2.45, 2.75) is 96.9 Å². The summed E-state index contributed by atoms with van der Waals surface area (Å²) in [7, 11) is -4.24. The first-order chi connectivity index (χ1) is 15.8. The Kier molecular flexibility index (Phi) is 7.19. The molecule has 34 heavy (non-hydrogen) atoms. The lowest BCUT2D eigenvalue weighted by Crippen LogP contribution is -2.62. The number of hydrogen-bond acceptors (Lipinski definition) is 6. The van der Waals surface area contributed by atoms with Crippen LogP contribution in [0.1, 0.15) is 78.6 Å². The molecule has 0 aromatic rings. The van der Waals surface area contributed by atoms with Crippen molar-refractivity contribution < 1.29 is 33.1 Å². The number of amides is 1. The Bertz CT molecular complexity index is 880. The number of carbonyl (C=O) groups is 1. The van der Waals surface area contributed by atoms with Gasteiger partial charge in [-0.3, -0.25) is 9.35 Å². The highest BCUT2D eigenvalue weighted by atomic mass is 32.2. The van der Waals surface area contributed by atoms with Crippen molar-refractivity contribution in [3.8, 4) is 0 Å². The molecule has 4 fully saturated rings. The third-order valence-corrected chi connectivity index (χ3v) is 11.3. The van der Waals surface area contributed by atoms with Gasteiger partial charge in [-0.2, -0.15) is 8.42 Å². The van der Waals surface area contributed by atoms with Crippen molar-refractivity contribution in [2.75, 3.05) is 5.88 Å². The molecular weight excluding hydrogens is 458 g/mol. The first-order valence-electron chi connectivity index (χ1n) is 13.0. The van der Waals surface area contributed by atoms with Gasteiger partial charge in [-0.1, -0.05) is 20.8 Å². The van der Waals surface area contributed by atoms with Gasteiger partial charge in [0.2, 0.25) is 5.91 Å². The Labute approximate surface area is 203 Å². The van der Waals surface area contributed by atoms with Gasteiger partial charge in [0, 0.05) is 6.42 Å². The van der Waals surface area contributed by atoms with Crippen molar-refractivity contribution >= 4 is 16.0 Å². The SMILES string of the molecule is C[C@H](CCC(=O)NCS(=O)(=O)O)C1CCC2C3C(C[C@H](O)[C@@]21C)[C@@]1(C)CC[C@@H](O)CC1C[C@H]3O. The van der Waals surface area contributed by atoms with E-state index in [2.05, 4.69) is 26.1 Å².